The van der Waals surface area contributed by atoms with Crippen LogP contribution in [0.25, 0.3) is 0 Å². The molecule has 0 heterocycles. The Balaban J connectivity index is 2.36. The SMILES string of the molecule is CC/C=C\C/C=C\C/C=C\C/C=C\C/C=C\C/C=C\CCCCCCCOCC(COP(=O)(O)OC1C(O)C(O)C(O)C(O)C1O)OC(=O)CCCCCCCC/C=C\C/C=C\C/C=C\CCCCCCC. The van der Waals surface area contributed by atoms with E-state index in [9.17, 15) is 39.8 Å². The summed E-state index contributed by atoms with van der Waals surface area (Å²) in [4.78, 5) is 23.3. The number of ether oxygens (including phenoxy) is 2. The minimum absolute atomic E-state index is 0.103. The van der Waals surface area contributed by atoms with Crippen LogP contribution in [0, 0.1) is 0 Å². The maximum absolute atomic E-state index is 12.9. The van der Waals surface area contributed by atoms with Crippen molar-refractivity contribution in [1.82, 2.24) is 0 Å². The van der Waals surface area contributed by atoms with E-state index in [1.54, 1.807) is 0 Å². The van der Waals surface area contributed by atoms with Crippen LogP contribution in [-0.2, 0) is 27.9 Å². The molecule has 72 heavy (non-hydrogen) atoms. The maximum atomic E-state index is 12.9. The molecular formula is C59H99O12P. The second-order valence-electron chi connectivity index (χ2n) is 18.7. The van der Waals surface area contributed by atoms with Crippen molar-refractivity contribution in [2.24, 2.45) is 0 Å². The van der Waals surface area contributed by atoms with Crippen molar-refractivity contribution >= 4 is 13.8 Å². The summed E-state index contributed by atoms with van der Waals surface area (Å²) in [5.74, 6) is -0.501. The minimum Gasteiger partial charge on any atom is -0.457 e. The average Bonchev–Trinajstić information content (AvgIpc) is 3.37. The van der Waals surface area contributed by atoms with E-state index in [-0.39, 0.29) is 13.0 Å². The van der Waals surface area contributed by atoms with Gasteiger partial charge in [0, 0.05) is 13.0 Å². The first kappa shape index (κ1) is 67.0. The summed E-state index contributed by atoms with van der Waals surface area (Å²) in [6.07, 6.45) is 55.7. The van der Waals surface area contributed by atoms with Crippen LogP contribution < -0.4 is 0 Å². The molecular weight excluding hydrogens is 932 g/mol. The molecule has 0 aromatic rings. The van der Waals surface area contributed by atoms with Crippen molar-refractivity contribution in [3.05, 3.63) is 109 Å². The molecule has 0 aromatic heterocycles. The van der Waals surface area contributed by atoms with Gasteiger partial charge in [0.25, 0.3) is 0 Å². The smallest absolute Gasteiger partial charge is 0.457 e. The standard InChI is InChI=1S/C59H99O12P/c1-3-5-7-9-11-13-15-17-19-21-23-25-26-27-29-31-33-35-37-39-41-43-45-47-49-68-50-52(51-69-72(66,67)71-59-57(64)55(62)54(61)56(63)58(59)65)70-53(60)48-46-44-42-40-38-36-34-32-30-28-24-22-20-18-16-14-12-10-8-6-4-2/h5,7,11,13,16-19,22-25,27,29-30,32-33,35,52,54-59,61-65H,3-4,6,8-10,12,14-15,20-21,26,28,31,34,36-51H2,1-2H3,(H,66,67)/b7-5-,13-11-,18-16-,19-17-,24-22-,25-23-,29-27-,32-30-,35-33-. The highest BCUT2D eigenvalue weighted by atomic mass is 31.2. The molecule has 6 unspecified atom stereocenters. The fourth-order valence-electron chi connectivity index (χ4n) is 7.78. The second kappa shape index (κ2) is 47.7. The molecule has 0 spiro atoms. The monoisotopic (exact) mass is 1030 g/mol. The average molecular weight is 1030 g/mol. The van der Waals surface area contributed by atoms with Crippen molar-refractivity contribution in [3.63, 3.8) is 0 Å². The third-order valence-electron chi connectivity index (χ3n) is 12.1. The van der Waals surface area contributed by atoms with E-state index in [4.69, 9.17) is 18.5 Å². The number of carbonyl (C=O) groups excluding carboxylic acids is 1. The van der Waals surface area contributed by atoms with Crippen molar-refractivity contribution in [2.45, 2.75) is 236 Å². The number of unbranched alkanes of at least 4 members (excludes halogenated alkanes) is 16. The Morgan fingerprint density at radius 3 is 1.25 bits per heavy atom. The van der Waals surface area contributed by atoms with Crippen molar-refractivity contribution in [1.29, 1.82) is 0 Å². The largest absolute Gasteiger partial charge is 0.472 e. The topological polar surface area (TPSA) is 192 Å². The van der Waals surface area contributed by atoms with Crippen LogP contribution in [0.4, 0.5) is 0 Å². The molecule has 0 bridgehead atoms. The van der Waals surface area contributed by atoms with Gasteiger partial charge in [-0.3, -0.25) is 13.8 Å². The molecule has 0 saturated heterocycles. The summed E-state index contributed by atoms with van der Waals surface area (Å²) in [5.41, 5.74) is 0. The van der Waals surface area contributed by atoms with Gasteiger partial charge in [-0.25, -0.2) is 4.57 Å². The fraction of sp³-hybridized carbons (Fsp3) is 0.678. The zero-order valence-electron chi connectivity index (χ0n) is 44.4. The van der Waals surface area contributed by atoms with Gasteiger partial charge in [-0.05, 0) is 103 Å². The number of rotatable bonds is 46. The third-order valence-corrected chi connectivity index (χ3v) is 13.1. The number of esters is 1. The predicted molar refractivity (Wildman–Crippen MR) is 294 cm³/mol. The Morgan fingerprint density at radius 1 is 0.458 bits per heavy atom. The number of phosphoric ester groups is 1. The molecule has 13 heteroatoms. The Labute approximate surface area is 436 Å². The van der Waals surface area contributed by atoms with Crippen molar-refractivity contribution in [3.8, 4) is 0 Å². The van der Waals surface area contributed by atoms with Gasteiger partial charge in [-0.15, -0.1) is 0 Å². The Morgan fingerprint density at radius 2 is 0.819 bits per heavy atom. The molecule has 1 aliphatic rings. The van der Waals surface area contributed by atoms with E-state index in [0.717, 1.165) is 128 Å². The number of carbonyl (C=O) groups is 1. The van der Waals surface area contributed by atoms with E-state index in [1.165, 1.54) is 38.5 Å². The fourth-order valence-corrected chi connectivity index (χ4v) is 8.75. The number of hydrogen-bond acceptors (Lipinski definition) is 11. The molecule has 1 fully saturated rings. The highest BCUT2D eigenvalue weighted by Gasteiger charge is 2.51. The summed E-state index contributed by atoms with van der Waals surface area (Å²) < 4.78 is 34.3. The molecule has 0 aliphatic heterocycles. The molecule has 6 N–H and O–H groups in total. The van der Waals surface area contributed by atoms with Gasteiger partial charge in [0.1, 0.15) is 42.7 Å². The zero-order chi connectivity index (χ0) is 52.6. The van der Waals surface area contributed by atoms with Crippen LogP contribution in [0.15, 0.2) is 109 Å². The van der Waals surface area contributed by atoms with Gasteiger partial charge >= 0.3 is 13.8 Å². The molecule has 1 rings (SSSR count). The maximum Gasteiger partial charge on any atom is 0.472 e. The van der Waals surface area contributed by atoms with Crippen LogP contribution in [0.1, 0.15) is 194 Å². The van der Waals surface area contributed by atoms with Crippen molar-refractivity contribution < 1.29 is 58.3 Å². The number of aliphatic hydroxyl groups is 5. The van der Waals surface area contributed by atoms with Crippen LogP contribution in [0.5, 0.6) is 0 Å². The number of allylic oxidation sites excluding steroid dienone is 18. The highest BCUT2D eigenvalue weighted by molar-refractivity contribution is 7.47. The van der Waals surface area contributed by atoms with Gasteiger partial charge < -0.3 is 39.9 Å². The molecule has 0 amide bonds. The predicted octanol–water partition coefficient (Wildman–Crippen LogP) is 13.2. The lowest BCUT2D eigenvalue weighted by Crippen LogP contribution is -2.64. The van der Waals surface area contributed by atoms with E-state index in [2.05, 4.69) is 123 Å². The summed E-state index contributed by atoms with van der Waals surface area (Å²) in [5, 5.41) is 50.4. The molecule has 12 nitrogen and oxygen atoms in total. The highest BCUT2D eigenvalue weighted by Crippen LogP contribution is 2.47. The van der Waals surface area contributed by atoms with E-state index < -0.39 is 63.1 Å². The van der Waals surface area contributed by atoms with E-state index in [1.807, 2.05) is 0 Å². The van der Waals surface area contributed by atoms with Crippen molar-refractivity contribution in [2.75, 3.05) is 19.8 Å². The van der Waals surface area contributed by atoms with Gasteiger partial charge in [0.15, 0.2) is 0 Å². The third kappa shape index (κ3) is 38.6. The molecule has 0 radical (unpaired) electrons. The molecule has 0 aromatic carbocycles. The summed E-state index contributed by atoms with van der Waals surface area (Å²) in [6, 6.07) is 0. The minimum atomic E-state index is -5.04. The Kier molecular flexibility index (Phi) is 44.4. The lowest BCUT2D eigenvalue weighted by atomic mass is 9.85. The Bertz CT molecular complexity index is 1600. The second-order valence-corrected chi connectivity index (χ2v) is 20.1. The number of phosphoric acid groups is 1. The molecule has 1 saturated carbocycles. The number of hydrogen-bond donors (Lipinski definition) is 6. The summed E-state index contributed by atoms with van der Waals surface area (Å²) in [6.45, 7) is 4.08. The molecule has 1 aliphatic carbocycles. The lowest BCUT2D eigenvalue weighted by Gasteiger charge is -2.41. The molecule has 6 atom stereocenters. The van der Waals surface area contributed by atoms with Crippen LogP contribution in [0.3, 0.4) is 0 Å². The molecule has 412 valence electrons. The zero-order valence-corrected chi connectivity index (χ0v) is 45.3. The van der Waals surface area contributed by atoms with E-state index in [0.29, 0.717) is 13.0 Å². The van der Waals surface area contributed by atoms with Crippen LogP contribution in [-0.4, -0.2) is 98.9 Å². The van der Waals surface area contributed by atoms with Crippen LogP contribution in [0.2, 0.25) is 0 Å². The first-order chi connectivity index (χ1) is 35.0. The number of aliphatic hydroxyl groups excluding tert-OH is 5. The lowest BCUT2D eigenvalue weighted by molar-refractivity contribution is -0.220. The summed E-state index contributed by atoms with van der Waals surface area (Å²) >= 11 is 0. The van der Waals surface area contributed by atoms with Gasteiger partial charge in [-0.2, -0.15) is 0 Å². The summed E-state index contributed by atoms with van der Waals surface area (Å²) in [7, 11) is -5.04. The van der Waals surface area contributed by atoms with E-state index >= 15 is 0 Å². The van der Waals surface area contributed by atoms with Gasteiger partial charge in [0.05, 0.1) is 13.2 Å². The first-order valence-electron chi connectivity index (χ1n) is 27.7. The van der Waals surface area contributed by atoms with Gasteiger partial charge in [-0.1, -0.05) is 194 Å². The quantitative estimate of drug-likeness (QED) is 0.0147. The first-order valence-corrected chi connectivity index (χ1v) is 29.2. The van der Waals surface area contributed by atoms with Gasteiger partial charge in [0.2, 0.25) is 0 Å². The van der Waals surface area contributed by atoms with Crippen LogP contribution >= 0.6 is 7.82 Å². The normalized spacial score (nSPS) is 21.5. The Hall–Kier alpha value is -3.00.